The Balaban J connectivity index is 2.60. The highest BCUT2D eigenvalue weighted by Gasteiger charge is 2.10. The van der Waals surface area contributed by atoms with Gasteiger partial charge in [-0.15, -0.1) is 5.10 Å². The lowest BCUT2D eigenvalue weighted by atomic mass is 10.6. The van der Waals surface area contributed by atoms with Gasteiger partial charge in [0.05, 0.1) is 5.37 Å². The predicted octanol–water partition coefficient (Wildman–Crippen LogP) is -1.20. The van der Waals surface area contributed by atoms with Gasteiger partial charge < -0.3 is 9.84 Å². The molecule has 1 rings (SSSR count). The smallest absolute Gasteiger partial charge is 0.342 e. The van der Waals surface area contributed by atoms with E-state index in [1.165, 1.54) is 0 Å². The molecule has 0 atom stereocenters. The van der Waals surface area contributed by atoms with Gasteiger partial charge in [-0.1, -0.05) is 12.2 Å². The maximum Gasteiger partial charge on any atom is 0.342 e. The van der Waals surface area contributed by atoms with E-state index in [9.17, 15) is 9.59 Å². The third-order valence-electron chi connectivity index (χ3n) is 1.33. The first-order valence-electron chi connectivity index (χ1n) is 3.72. The van der Waals surface area contributed by atoms with E-state index in [1.54, 1.807) is 0 Å². The van der Waals surface area contributed by atoms with Crippen LogP contribution >= 0.6 is 12.2 Å². The van der Waals surface area contributed by atoms with Crippen LogP contribution in [0.2, 0.25) is 0 Å². The molecule has 0 radical (unpaired) electrons. The van der Waals surface area contributed by atoms with E-state index in [0.29, 0.717) is 0 Å². The summed E-state index contributed by atoms with van der Waals surface area (Å²) in [6.07, 6.45) is 0. The van der Waals surface area contributed by atoms with Gasteiger partial charge in [-0.2, -0.15) is 0 Å². The molecule has 1 N–H and O–H groups in total. The van der Waals surface area contributed by atoms with Crippen LogP contribution in [0.25, 0.3) is 0 Å². The Kier molecular flexibility index (Phi) is 3.80. The van der Waals surface area contributed by atoms with Gasteiger partial charge in [0.15, 0.2) is 12.4 Å². The predicted molar refractivity (Wildman–Crippen MR) is 48.9 cm³/mol. The van der Waals surface area contributed by atoms with Gasteiger partial charge >= 0.3 is 11.9 Å². The van der Waals surface area contributed by atoms with Crippen LogP contribution in [0.3, 0.4) is 0 Å². The molecule has 0 spiro atoms. The number of hydrogen-bond donors (Lipinski definition) is 1. The maximum atomic E-state index is 10.7. The molecule has 0 aliphatic heterocycles. The molecule has 0 bridgehead atoms. The minimum Gasteiger partial charge on any atom is -0.480 e. The number of tetrazole rings is 1. The molecule has 15 heavy (non-hydrogen) atoms. The van der Waals surface area contributed by atoms with E-state index >= 15 is 0 Å². The number of ether oxygens (including phenoxy) is 1. The molecule has 8 nitrogen and oxygen atoms in total. The number of carboxylic acid groups (broad SMARTS) is 1. The number of nitrogens with zero attached hydrogens (tertiary/aromatic N) is 4. The van der Waals surface area contributed by atoms with Gasteiger partial charge in [-0.05, 0) is 10.4 Å². The van der Waals surface area contributed by atoms with Gasteiger partial charge in [-0.25, -0.2) is 9.48 Å². The standard InChI is InChI=1S/C6H6N4O4S/c11-5(12)1-10-4(7-8-9-10)2-14-6(13)3-15/h3H,1-2H2,(H,11,12). The van der Waals surface area contributed by atoms with Crippen LogP contribution in [0.1, 0.15) is 5.82 Å². The monoisotopic (exact) mass is 230 g/mol. The first-order chi connectivity index (χ1) is 7.13. The molecule has 0 aliphatic carbocycles. The van der Waals surface area contributed by atoms with Crippen LogP contribution in [-0.2, 0) is 27.5 Å². The molecule has 1 aromatic rings. The zero-order chi connectivity index (χ0) is 11.3. The van der Waals surface area contributed by atoms with E-state index in [0.717, 1.165) is 10.0 Å². The average molecular weight is 230 g/mol. The van der Waals surface area contributed by atoms with Crippen molar-refractivity contribution >= 4 is 29.5 Å². The fraction of sp³-hybridized carbons (Fsp3) is 0.333. The number of aromatic nitrogens is 4. The van der Waals surface area contributed by atoms with Gasteiger partial charge in [0, 0.05) is 0 Å². The summed E-state index contributed by atoms with van der Waals surface area (Å²) in [5, 5.41) is 19.5. The molecule has 0 fully saturated rings. The summed E-state index contributed by atoms with van der Waals surface area (Å²) in [7, 11) is 0. The summed E-state index contributed by atoms with van der Waals surface area (Å²) in [5.41, 5.74) is 0. The van der Waals surface area contributed by atoms with Crippen molar-refractivity contribution in [3.05, 3.63) is 5.82 Å². The Morgan fingerprint density at radius 1 is 1.60 bits per heavy atom. The Morgan fingerprint density at radius 2 is 2.33 bits per heavy atom. The van der Waals surface area contributed by atoms with Crippen molar-refractivity contribution in [3.8, 4) is 0 Å². The zero-order valence-electron chi connectivity index (χ0n) is 7.36. The SMILES string of the molecule is O=C(O)Cn1nnnc1COC(=O)C=S. The molecule has 0 unspecified atom stereocenters. The van der Waals surface area contributed by atoms with Crippen LogP contribution in [0, 0.1) is 0 Å². The van der Waals surface area contributed by atoms with Crippen molar-refractivity contribution in [1.29, 1.82) is 0 Å². The lowest BCUT2D eigenvalue weighted by Gasteiger charge is -2.01. The Bertz CT molecular complexity index is 390. The largest absolute Gasteiger partial charge is 0.480 e. The third kappa shape index (κ3) is 3.38. The van der Waals surface area contributed by atoms with E-state index in [2.05, 4.69) is 32.5 Å². The number of rotatable bonds is 5. The summed E-state index contributed by atoms with van der Waals surface area (Å²) in [6, 6.07) is 0. The summed E-state index contributed by atoms with van der Waals surface area (Å²) in [4.78, 5) is 21.0. The quantitative estimate of drug-likeness (QED) is 0.496. The first-order valence-corrected chi connectivity index (χ1v) is 4.19. The molecule has 0 aliphatic rings. The molecule has 0 saturated heterocycles. The van der Waals surface area contributed by atoms with Gasteiger partial charge in [-0.3, -0.25) is 4.79 Å². The van der Waals surface area contributed by atoms with Crippen molar-refractivity contribution in [2.24, 2.45) is 0 Å². The van der Waals surface area contributed by atoms with Crippen molar-refractivity contribution in [1.82, 2.24) is 20.2 Å². The Hall–Kier alpha value is -1.90. The summed E-state index contributed by atoms with van der Waals surface area (Å²) in [6.45, 7) is -0.607. The zero-order valence-corrected chi connectivity index (χ0v) is 8.18. The second-order valence-electron chi connectivity index (χ2n) is 2.37. The van der Waals surface area contributed by atoms with Crippen molar-refractivity contribution < 1.29 is 19.4 Å². The van der Waals surface area contributed by atoms with Gasteiger partial charge in [0.1, 0.15) is 6.54 Å². The second kappa shape index (κ2) is 5.10. The molecule has 0 saturated carbocycles. The average Bonchev–Trinajstić information content (AvgIpc) is 2.61. The highest BCUT2D eigenvalue weighted by atomic mass is 32.1. The number of carbonyl (C=O) groups excluding carboxylic acids is 1. The van der Waals surface area contributed by atoms with Crippen molar-refractivity contribution in [3.63, 3.8) is 0 Å². The molecule has 9 heteroatoms. The molecule has 0 amide bonds. The van der Waals surface area contributed by atoms with E-state index < -0.39 is 18.5 Å². The van der Waals surface area contributed by atoms with Crippen molar-refractivity contribution in [2.45, 2.75) is 13.2 Å². The second-order valence-corrected chi connectivity index (χ2v) is 2.61. The summed E-state index contributed by atoms with van der Waals surface area (Å²) >= 11 is 4.32. The number of carboxylic acids is 1. The highest BCUT2D eigenvalue weighted by molar-refractivity contribution is 7.80. The fourth-order valence-electron chi connectivity index (χ4n) is 0.747. The van der Waals surface area contributed by atoms with E-state index in [4.69, 9.17) is 5.11 Å². The van der Waals surface area contributed by atoms with Crippen LogP contribution in [-0.4, -0.2) is 42.6 Å². The van der Waals surface area contributed by atoms with Crippen LogP contribution in [0.4, 0.5) is 0 Å². The molecule has 80 valence electrons. The Labute approximate surface area is 88.8 Å². The van der Waals surface area contributed by atoms with Crippen LogP contribution in [0.5, 0.6) is 0 Å². The number of esters is 1. The topological polar surface area (TPSA) is 107 Å². The number of aliphatic carboxylic acids is 1. The summed E-state index contributed by atoms with van der Waals surface area (Å²) in [5.74, 6) is -1.65. The highest BCUT2D eigenvalue weighted by Crippen LogP contribution is 1.95. The van der Waals surface area contributed by atoms with Crippen molar-refractivity contribution in [2.75, 3.05) is 0 Å². The van der Waals surface area contributed by atoms with E-state index in [-0.39, 0.29) is 12.4 Å². The number of carbonyl (C=O) groups is 2. The molecular formula is C6H6N4O4S. The van der Waals surface area contributed by atoms with Crippen LogP contribution in [0.15, 0.2) is 0 Å². The molecule has 1 heterocycles. The fourth-order valence-corrected chi connectivity index (χ4v) is 0.815. The molecule has 1 aromatic heterocycles. The summed E-state index contributed by atoms with van der Waals surface area (Å²) < 4.78 is 5.62. The number of hydrogen-bond acceptors (Lipinski definition) is 7. The normalized spacial score (nSPS) is 9.60. The minimum atomic E-state index is -1.09. The lowest BCUT2D eigenvalue weighted by molar-refractivity contribution is -0.138. The minimum absolute atomic E-state index is 0.141. The molecule has 0 aromatic carbocycles. The molecular weight excluding hydrogens is 224 g/mol. The van der Waals surface area contributed by atoms with Gasteiger partial charge in [0.25, 0.3) is 0 Å². The van der Waals surface area contributed by atoms with Gasteiger partial charge in [0.2, 0.25) is 0 Å². The Morgan fingerprint density at radius 3 is 2.93 bits per heavy atom. The number of thiocarbonyl (C=S) groups is 1. The third-order valence-corrected chi connectivity index (χ3v) is 1.52. The van der Waals surface area contributed by atoms with Crippen LogP contribution < -0.4 is 0 Å². The lowest BCUT2D eigenvalue weighted by Crippen LogP contribution is -2.15. The van der Waals surface area contributed by atoms with E-state index in [1.807, 2.05) is 0 Å². The first kappa shape index (κ1) is 11.2. The maximum absolute atomic E-state index is 10.7.